The van der Waals surface area contributed by atoms with Crippen LogP contribution in [0.5, 0.6) is 0 Å². The third-order valence-electron chi connectivity index (χ3n) is 4.92. The number of aryl methyl sites for hydroxylation is 2. The highest BCUT2D eigenvalue weighted by Gasteiger charge is 2.22. The van der Waals surface area contributed by atoms with Crippen LogP contribution in [0.25, 0.3) is 5.95 Å². The van der Waals surface area contributed by atoms with Crippen LogP contribution in [0.3, 0.4) is 0 Å². The zero-order chi connectivity index (χ0) is 20.4. The first-order chi connectivity index (χ1) is 14.0. The van der Waals surface area contributed by atoms with Crippen molar-refractivity contribution in [1.29, 1.82) is 0 Å². The zero-order valence-corrected chi connectivity index (χ0v) is 17.3. The smallest absolute Gasteiger partial charge is 0.271 e. The van der Waals surface area contributed by atoms with Gasteiger partial charge in [-0.15, -0.1) is 10.2 Å². The molecule has 3 heterocycles. The van der Waals surface area contributed by atoms with E-state index < -0.39 is 0 Å². The van der Waals surface area contributed by atoms with Gasteiger partial charge < -0.3 is 15.6 Å². The van der Waals surface area contributed by atoms with Gasteiger partial charge >= 0.3 is 0 Å². The van der Waals surface area contributed by atoms with Crippen molar-refractivity contribution < 1.29 is 4.79 Å². The Balaban J connectivity index is 1.33. The molecule has 1 fully saturated rings. The quantitative estimate of drug-likeness (QED) is 0.497. The van der Waals surface area contributed by atoms with Gasteiger partial charge in [-0.1, -0.05) is 30.0 Å². The summed E-state index contributed by atoms with van der Waals surface area (Å²) >= 11 is 1.29. The number of thioether (sulfide) groups is 1. The molecule has 0 radical (unpaired) electrons. The number of benzene rings is 1. The first-order valence-corrected chi connectivity index (χ1v) is 10.5. The number of nitrogen functional groups attached to an aromatic ring is 1. The van der Waals surface area contributed by atoms with Crippen molar-refractivity contribution in [2.45, 2.75) is 19.0 Å². The van der Waals surface area contributed by atoms with Gasteiger partial charge in [-0.3, -0.25) is 4.79 Å². The van der Waals surface area contributed by atoms with Gasteiger partial charge in [0.25, 0.3) is 5.95 Å². The Hall–Kier alpha value is -3.01. The summed E-state index contributed by atoms with van der Waals surface area (Å²) in [6.45, 7) is 6.92. The number of rotatable bonds is 5. The number of anilines is 1. The number of carbonyl (C=O) groups excluding carboxylic acids is 1. The van der Waals surface area contributed by atoms with Gasteiger partial charge in [0, 0.05) is 37.6 Å². The fraction of sp³-hybridized carbons (Fsp3) is 0.368. The molecule has 0 unspecified atom stereocenters. The molecule has 0 atom stereocenters. The lowest BCUT2D eigenvalue weighted by Crippen LogP contribution is -2.49. The largest absolute Gasteiger partial charge is 0.368 e. The maximum absolute atomic E-state index is 12.6. The molecule has 4 rings (SSSR count). The van der Waals surface area contributed by atoms with E-state index in [-0.39, 0.29) is 11.7 Å². The van der Waals surface area contributed by atoms with E-state index in [1.807, 2.05) is 43.0 Å². The lowest BCUT2D eigenvalue weighted by Gasteiger charge is -2.36. The number of amides is 1. The summed E-state index contributed by atoms with van der Waals surface area (Å²) in [6.07, 6.45) is 0. The summed E-state index contributed by atoms with van der Waals surface area (Å²) in [5, 5.41) is 13.1. The highest BCUT2D eigenvalue weighted by atomic mass is 32.2. The SMILES string of the molecule is Cc1cc(C)n(-c2nnc(SCC(=O)N3CCN(c4ccccc4)CC3)n2N)n1. The summed E-state index contributed by atoms with van der Waals surface area (Å²) in [7, 11) is 0. The second kappa shape index (κ2) is 8.16. The predicted octanol–water partition coefficient (Wildman–Crippen LogP) is 1.24. The molecule has 152 valence electrons. The average Bonchev–Trinajstić information content (AvgIpc) is 3.27. The number of hydrogen-bond acceptors (Lipinski definition) is 7. The molecule has 1 aromatic carbocycles. The van der Waals surface area contributed by atoms with Crippen LogP contribution in [0.1, 0.15) is 11.4 Å². The van der Waals surface area contributed by atoms with Crippen molar-refractivity contribution in [2.75, 3.05) is 42.7 Å². The third kappa shape index (κ3) is 4.07. The molecule has 2 aromatic heterocycles. The average molecular weight is 413 g/mol. The molecule has 0 saturated carbocycles. The van der Waals surface area contributed by atoms with Crippen LogP contribution in [-0.2, 0) is 4.79 Å². The second-order valence-corrected chi connectivity index (χ2v) is 7.93. The van der Waals surface area contributed by atoms with Gasteiger partial charge in [0.05, 0.1) is 11.4 Å². The molecule has 29 heavy (non-hydrogen) atoms. The van der Waals surface area contributed by atoms with Crippen molar-refractivity contribution in [1.82, 2.24) is 29.6 Å². The topological polar surface area (TPSA) is 98.1 Å². The summed E-state index contributed by atoms with van der Waals surface area (Å²) < 4.78 is 3.03. The molecule has 1 saturated heterocycles. The van der Waals surface area contributed by atoms with Crippen LogP contribution in [0.15, 0.2) is 41.6 Å². The minimum atomic E-state index is 0.0818. The van der Waals surface area contributed by atoms with E-state index in [0.29, 0.717) is 24.2 Å². The molecular formula is C19H24N8OS. The predicted molar refractivity (Wildman–Crippen MR) is 113 cm³/mol. The highest BCUT2D eigenvalue weighted by Crippen LogP contribution is 2.20. The van der Waals surface area contributed by atoms with Gasteiger partial charge in [0.2, 0.25) is 11.1 Å². The number of nitrogens with two attached hydrogens (primary N) is 1. The number of hydrogen-bond donors (Lipinski definition) is 1. The minimum Gasteiger partial charge on any atom is -0.368 e. The van der Waals surface area contributed by atoms with E-state index in [0.717, 1.165) is 24.5 Å². The summed E-state index contributed by atoms with van der Waals surface area (Å²) in [4.78, 5) is 16.8. The van der Waals surface area contributed by atoms with Crippen LogP contribution in [0.2, 0.25) is 0 Å². The molecule has 1 aliphatic heterocycles. The Morgan fingerprint density at radius 2 is 1.83 bits per heavy atom. The number of carbonyl (C=O) groups is 1. The molecule has 2 N–H and O–H groups in total. The molecule has 0 bridgehead atoms. The van der Waals surface area contributed by atoms with Gasteiger partial charge in [-0.25, -0.2) is 9.36 Å². The van der Waals surface area contributed by atoms with Gasteiger partial charge in [0.15, 0.2) is 0 Å². The number of para-hydroxylation sites is 1. The van der Waals surface area contributed by atoms with Crippen molar-refractivity contribution in [3.63, 3.8) is 0 Å². The fourth-order valence-electron chi connectivity index (χ4n) is 3.41. The van der Waals surface area contributed by atoms with Crippen molar-refractivity contribution >= 4 is 23.4 Å². The highest BCUT2D eigenvalue weighted by molar-refractivity contribution is 7.99. The number of piperazine rings is 1. The van der Waals surface area contributed by atoms with Crippen LogP contribution >= 0.6 is 11.8 Å². The molecule has 1 aliphatic rings. The number of aromatic nitrogens is 5. The minimum absolute atomic E-state index is 0.0818. The molecule has 1 amide bonds. The molecule has 9 nitrogen and oxygen atoms in total. The first-order valence-electron chi connectivity index (χ1n) is 9.47. The number of nitrogens with zero attached hydrogens (tertiary/aromatic N) is 7. The summed E-state index contributed by atoms with van der Waals surface area (Å²) in [5.74, 6) is 6.93. The molecule has 3 aromatic rings. The molecule has 0 spiro atoms. The molecule has 10 heteroatoms. The van der Waals surface area contributed by atoms with Crippen LogP contribution < -0.4 is 10.7 Å². The fourth-order valence-corrected chi connectivity index (χ4v) is 4.17. The van der Waals surface area contributed by atoms with Crippen molar-refractivity contribution in [3.05, 3.63) is 47.8 Å². The Labute approximate surface area is 173 Å². The van der Waals surface area contributed by atoms with Crippen molar-refractivity contribution in [3.8, 4) is 5.95 Å². The molecule has 0 aliphatic carbocycles. The van der Waals surface area contributed by atoms with Gasteiger partial charge in [0.1, 0.15) is 0 Å². The standard InChI is InChI=1S/C19H24N8OS/c1-14-12-15(2)27(23-14)18-21-22-19(26(18)20)29-13-17(28)25-10-8-24(9-11-25)16-6-4-3-5-7-16/h3-7,12H,8-11,13,20H2,1-2H3. The molecular weight excluding hydrogens is 388 g/mol. The Kier molecular flexibility index (Phi) is 5.43. The summed E-state index contributed by atoms with van der Waals surface area (Å²) in [5.41, 5.74) is 3.00. The van der Waals surface area contributed by atoms with Crippen LogP contribution in [0, 0.1) is 13.8 Å². The normalized spacial score (nSPS) is 14.4. The van der Waals surface area contributed by atoms with Crippen LogP contribution in [-0.4, -0.2) is 67.4 Å². The van der Waals surface area contributed by atoms with Gasteiger partial charge in [-0.05, 0) is 32.0 Å². The zero-order valence-electron chi connectivity index (χ0n) is 16.5. The van der Waals surface area contributed by atoms with E-state index in [4.69, 9.17) is 5.84 Å². The second-order valence-electron chi connectivity index (χ2n) is 6.98. The van der Waals surface area contributed by atoms with Crippen LogP contribution in [0.4, 0.5) is 5.69 Å². The van der Waals surface area contributed by atoms with E-state index in [2.05, 4.69) is 32.3 Å². The monoisotopic (exact) mass is 412 g/mol. The van der Waals surface area contributed by atoms with E-state index in [1.54, 1.807) is 4.68 Å². The van der Waals surface area contributed by atoms with Gasteiger partial charge in [-0.2, -0.15) is 5.10 Å². The Morgan fingerprint density at radius 1 is 1.10 bits per heavy atom. The maximum atomic E-state index is 12.6. The van der Waals surface area contributed by atoms with E-state index in [9.17, 15) is 4.79 Å². The maximum Gasteiger partial charge on any atom is 0.271 e. The van der Waals surface area contributed by atoms with Crippen molar-refractivity contribution in [2.24, 2.45) is 0 Å². The van der Waals surface area contributed by atoms with E-state index in [1.165, 1.54) is 22.1 Å². The third-order valence-corrected chi connectivity index (χ3v) is 5.85. The Morgan fingerprint density at radius 3 is 2.48 bits per heavy atom. The first kappa shape index (κ1) is 19.3. The van der Waals surface area contributed by atoms with E-state index >= 15 is 0 Å². The lowest BCUT2D eigenvalue weighted by molar-refractivity contribution is -0.128. The Bertz CT molecular complexity index is 991. The lowest BCUT2D eigenvalue weighted by atomic mass is 10.2. The summed E-state index contributed by atoms with van der Waals surface area (Å²) in [6, 6.07) is 12.2.